The number of halogens is 2. The van der Waals surface area contributed by atoms with Crippen molar-refractivity contribution >= 4 is 50.0 Å². The van der Waals surface area contributed by atoms with E-state index in [1.165, 1.54) is 18.2 Å². The second-order valence-corrected chi connectivity index (χ2v) is 10.5. The quantitative estimate of drug-likeness (QED) is 0.105. The molecule has 8 nitrogen and oxygen atoms in total. The van der Waals surface area contributed by atoms with Gasteiger partial charge in [0.15, 0.2) is 0 Å². The van der Waals surface area contributed by atoms with Crippen LogP contribution in [-0.4, -0.2) is 31.8 Å². The maximum atomic E-state index is 14.0. The molecule has 0 radical (unpaired) electrons. The zero-order valence-corrected chi connectivity index (χ0v) is 24.0. The lowest BCUT2D eigenvalue weighted by atomic mass is 10.1. The van der Waals surface area contributed by atoms with Gasteiger partial charge in [0.1, 0.15) is 5.82 Å². The van der Waals surface area contributed by atoms with Crippen LogP contribution in [0.1, 0.15) is 61.8 Å². The van der Waals surface area contributed by atoms with Crippen LogP contribution >= 0.6 is 27.5 Å². The smallest absolute Gasteiger partial charge is 0.270 e. The molecule has 0 spiro atoms. The summed E-state index contributed by atoms with van der Waals surface area (Å²) in [6.45, 7) is 4.42. The molecule has 0 saturated carbocycles. The van der Waals surface area contributed by atoms with Crippen molar-refractivity contribution in [3.05, 3.63) is 108 Å². The topological polar surface area (TPSA) is 98.3 Å². The van der Waals surface area contributed by atoms with E-state index in [0.717, 1.165) is 23.7 Å². The fraction of sp³-hybridized carbons (Fsp3) is 0.276. The molecule has 10 heteroatoms. The van der Waals surface area contributed by atoms with Gasteiger partial charge in [-0.05, 0) is 55.3 Å². The number of amides is 1. The first-order chi connectivity index (χ1) is 18.8. The van der Waals surface area contributed by atoms with Crippen LogP contribution in [-0.2, 0) is 0 Å². The molecule has 202 valence electrons. The summed E-state index contributed by atoms with van der Waals surface area (Å²) in [6.07, 6.45) is 3.07. The number of unbranched alkanes of at least 4 members (excludes halogenated alkanes) is 2. The third-order valence-corrected chi connectivity index (χ3v) is 7.45. The van der Waals surface area contributed by atoms with Crippen molar-refractivity contribution in [3.8, 4) is 5.69 Å². The number of benzene rings is 3. The number of nitro benzene ring substituents is 1. The molecule has 0 aliphatic rings. The largest absolute Gasteiger partial charge is 0.328 e. The highest BCUT2D eigenvalue weighted by Crippen LogP contribution is 2.31. The molecule has 39 heavy (non-hydrogen) atoms. The van der Waals surface area contributed by atoms with Crippen LogP contribution < -0.4 is 5.56 Å². The number of aromatic nitrogens is 2. The van der Waals surface area contributed by atoms with Gasteiger partial charge in [-0.2, -0.15) is 0 Å². The van der Waals surface area contributed by atoms with Gasteiger partial charge in [-0.3, -0.25) is 24.3 Å². The highest BCUT2D eigenvalue weighted by atomic mass is 79.9. The van der Waals surface area contributed by atoms with E-state index in [-0.39, 0.29) is 27.7 Å². The molecule has 4 rings (SSSR count). The third-order valence-electron chi connectivity index (χ3n) is 6.60. The van der Waals surface area contributed by atoms with E-state index in [2.05, 4.69) is 22.9 Å². The number of non-ortho nitro benzene ring substituents is 1. The molecule has 1 amide bonds. The monoisotopic (exact) mass is 610 g/mol. The Balaban J connectivity index is 1.91. The van der Waals surface area contributed by atoms with Crippen molar-refractivity contribution in [2.45, 2.75) is 45.6 Å². The lowest BCUT2D eigenvalue weighted by Crippen LogP contribution is -2.39. The van der Waals surface area contributed by atoms with Gasteiger partial charge in [-0.15, -0.1) is 0 Å². The molecule has 1 aromatic heterocycles. The van der Waals surface area contributed by atoms with Gasteiger partial charge in [0, 0.05) is 23.2 Å². The first-order valence-electron chi connectivity index (χ1n) is 12.8. The first kappa shape index (κ1) is 28.4. The number of fused-ring (bicyclic) bond motifs is 1. The van der Waals surface area contributed by atoms with E-state index < -0.39 is 11.0 Å². The number of carbonyl (C=O) groups excluding carboxylic acids is 1. The lowest BCUT2D eigenvalue weighted by Gasteiger charge is -2.33. The minimum Gasteiger partial charge on any atom is -0.328 e. The summed E-state index contributed by atoms with van der Waals surface area (Å²) in [6, 6.07) is 17.8. The number of nitro groups is 1. The van der Waals surface area contributed by atoms with Crippen molar-refractivity contribution in [2.75, 3.05) is 6.54 Å². The Kier molecular flexibility index (Phi) is 9.14. The molecule has 1 unspecified atom stereocenters. The zero-order chi connectivity index (χ0) is 28.1. The van der Waals surface area contributed by atoms with Gasteiger partial charge < -0.3 is 4.90 Å². The summed E-state index contributed by atoms with van der Waals surface area (Å²) in [5.41, 5.74) is 0.908. The van der Waals surface area contributed by atoms with Gasteiger partial charge in [0.2, 0.25) is 0 Å². The molecule has 1 atom stereocenters. The normalized spacial score (nSPS) is 11.9. The van der Waals surface area contributed by atoms with Gasteiger partial charge in [0.25, 0.3) is 17.2 Å². The Morgan fingerprint density at radius 2 is 1.82 bits per heavy atom. The zero-order valence-electron chi connectivity index (χ0n) is 21.6. The standard InChI is InChI=1S/C29H28BrClN4O4/c1-3-5-8-17-33(28(36)22-16-15-21(35(38)39)18-24(22)31)26(4-2)27-32-25-10-7-6-9-23(25)29(37)34(27)20-13-11-19(30)12-14-20/h6-7,9-16,18,26H,3-5,8,17H2,1-2H3. The van der Waals surface area contributed by atoms with Crippen LogP contribution in [0.3, 0.4) is 0 Å². The van der Waals surface area contributed by atoms with Crippen LogP contribution in [0.25, 0.3) is 16.6 Å². The Morgan fingerprint density at radius 1 is 1.10 bits per heavy atom. The molecule has 0 N–H and O–H groups in total. The fourth-order valence-corrected chi connectivity index (χ4v) is 5.15. The van der Waals surface area contributed by atoms with Crippen molar-refractivity contribution < 1.29 is 9.72 Å². The summed E-state index contributed by atoms with van der Waals surface area (Å²) in [5.74, 6) is 0.0639. The molecule has 0 fully saturated rings. The van der Waals surface area contributed by atoms with Crippen LogP contribution in [0.2, 0.25) is 5.02 Å². The molecule has 0 saturated heterocycles. The van der Waals surface area contributed by atoms with Crippen molar-refractivity contribution in [2.24, 2.45) is 0 Å². The molecule has 1 heterocycles. The van der Waals surface area contributed by atoms with Crippen molar-refractivity contribution in [1.29, 1.82) is 0 Å². The molecule has 0 aliphatic carbocycles. The fourth-order valence-electron chi connectivity index (χ4n) is 4.63. The Hall–Kier alpha value is -3.56. The minimum absolute atomic E-state index is 0.00122. The summed E-state index contributed by atoms with van der Waals surface area (Å²) in [5, 5.41) is 11.7. The number of nitrogens with zero attached hydrogens (tertiary/aromatic N) is 4. The maximum absolute atomic E-state index is 14.0. The number of hydrogen-bond acceptors (Lipinski definition) is 5. The average molecular weight is 612 g/mol. The van der Waals surface area contributed by atoms with Crippen molar-refractivity contribution in [1.82, 2.24) is 14.5 Å². The Morgan fingerprint density at radius 3 is 2.46 bits per heavy atom. The molecule has 0 aliphatic heterocycles. The number of para-hydroxylation sites is 1. The van der Waals surface area contributed by atoms with Crippen LogP contribution in [0.4, 0.5) is 5.69 Å². The second kappa shape index (κ2) is 12.5. The highest BCUT2D eigenvalue weighted by Gasteiger charge is 2.31. The maximum Gasteiger partial charge on any atom is 0.270 e. The Labute approximate surface area is 239 Å². The Bertz CT molecular complexity index is 1570. The third kappa shape index (κ3) is 6.04. The van der Waals surface area contributed by atoms with Crippen LogP contribution in [0.15, 0.2) is 76.0 Å². The van der Waals surface area contributed by atoms with Gasteiger partial charge in [-0.25, -0.2) is 4.98 Å². The number of carbonyl (C=O) groups is 1. The summed E-state index contributed by atoms with van der Waals surface area (Å²) in [4.78, 5) is 45.1. The molecular weight excluding hydrogens is 584 g/mol. The van der Waals surface area contributed by atoms with Crippen molar-refractivity contribution in [3.63, 3.8) is 0 Å². The van der Waals surface area contributed by atoms with E-state index in [0.29, 0.717) is 35.4 Å². The molecular formula is C29H28BrClN4O4. The van der Waals surface area contributed by atoms with Gasteiger partial charge in [0.05, 0.1) is 38.1 Å². The number of hydrogen-bond donors (Lipinski definition) is 0. The SMILES string of the molecule is CCCCCN(C(=O)c1ccc([N+](=O)[O-])cc1Cl)C(CC)c1nc2ccccc2c(=O)n1-c1ccc(Br)cc1. The molecule has 4 aromatic rings. The molecule has 3 aromatic carbocycles. The average Bonchev–Trinajstić information content (AvgIpc) is 2.93. The summed E-state index contributed by atoms with van der Waals surface area (Å²) >= 11 is 9.84. The van der Waals surface area contributed by atoms with E-state index in [4.69, 9.17) is 16.6 Å². The second-order valence-electron chi connectivity index (χ2n) is 9.16. The predicted molar refractivity (Wildman–Crippen MR) is 157 cm³/mol. The van der Waals surface area contributed by atoms with E-state index in [1.807, 2.05) is 37.3 Å². The summed E-state index contributed by atoms with van der Waals surface area (Å²) in [7, 11) is 0. The minimum atomic E-state index is -0.568. The van der Waals surface area contributed by atoms with E-state index >= 15 is 0 Å². The van der Waals surface area contributed by atoms with E-state index in [9.17, 15) is 19.7 Å². The van der Waals surface area contributed by atoms with Crippen LogP contribution in [0.5, 0.6) is 0 Å². The van der Waals surface area contributed by atoms with E-state index in [1.54, 1.807) is 27.7 Å². The lowest BCUT2D eigenvalue weighted by molar-refractivity contribution is -0.384. The predicted octanol–water partition coefficient (Wildman–Crippen LogP) is 7.49. The van der Waals surface area contributed by atoms with Crippen LogP contribution in [0, 0.1) is 10.1 Å². The highest BCUT2D eigenvalue weighted by molar-refractivity contribution is 9.10. The van der Waals surface area contributed by atoms with Gasteiger partial charge in [-0.1, -0.05) is 66.4 Å². The first-order valence-corrected chi connectivity index (χ1v) is 14.0. The summed E-state index contributed by atoms with van der Waals surface area (Å²) < 4.78 is 2.44. The van der Waals surface area contributed by atoms with Gasteiger partial charge >= 0.3 is 0 Å². The molecule has 0 bridgehead atoms. The number of rotatable bonds is 10.